The van der Waals surface area contributed by atoms with Crippen LogP contribution in [-0.4, -0.2) is 47.3 Å². The number of ether oxygens (including phenoxy) is 1. The maximum Gasteiger partial charge on any atom is 0.323 e. The van der Waals surface area contributed by atoms with Crippen LogP contribution in [-0.2, 0) is 9.53 Å². The second-order valence-electron chi connectivity index (χ2n) is 4.71. The summed E-state index contributed by atoms with van der Waals surface area (Å²) in [6, 6.07) is -0.219. The molecule has 4 nitrogen and oxygen atoms in total. The fourth-order valence-electron chi connectivity index (χ4n) is 2.22. The van der Waals surface area contributed by atoms with Crippen LogP contribution in [0.3, 0.4) is 0 Å². The number of esters is 1. The van der Waals surface area contributed by atoms with Gasteiger partial charge in [-0.2, -0.15) is 0 Å². The lowest BCUT2D eigenvalue weighted by Crippen LogP contribution is -2.66. The van der Waals surface area contributed by atoms with E-state index in [1.807, 2.05) is 11.8 Å². The number of hydrogen-bond acceptors (Lipinski definition) is 4. The predicted octanol–water partition coefficient (Wildman–Crippen LogP) is 0.395. The number of aliphatic hydroxyl groups is 1. The molecular formula is C11H19NO3. The van der Waals surface area contributed by atoms with Crippen LogP contribution >= 0.6 is 0 Å². The van der Waals surface area contributed by atoms with Gasteiger partial charge in [0.25, 0.3) is 0 Å². The first-order valence-electron chi connectivity index (χ1n) is 5.70. The predicted molar refractivity (Wildman–Crippen MR) is 55.3 cm³/mol. The zero-order valence-corrected chi connectivity index (χ0v) is 9.40. The molecule has 0 aromatic heterocycles. The molecule has 1 aliphatic heterocycles. The highest BCUT2D eigenvalue weighted by molar-refractivity contribution is 5.75. The van der Waals surface area contributed by atoms with Gasteiger partial charge < -0.3 is 9.84 Å². The Kier molecular flexibility index (Phi) is 2.73. The van der Waals surface area contributed by atoms with Crippen LogP contribution < -0.4 is 0 Å². The van der Waals surface area contributed by atoms with Crippen molar-refractivity contribution < 1.29 is 14.6 Å². The molecule has 86 valence electrons. The average Bonchev–Trinajstić information content (AvgIpc) is 2.95. The number of β-amino-alcohol motifs (C(OH)–C–C–N with tert-alkyl or cyclic N) is 1. The Morgan fingerprint density at radius 1 is 1.60 bits per heavy atom. The number of carbonyl (C=O) groups is 1. The minimum Gasteiger partial charge on any atom is -0.465 e. The average molecular weight is 213 g/mol. The monoisotopic (exact) mass is 213 g/mol. The standard InChI is InChI=1S/C11H19NO3/c1-3-15-10(13)8(2)12-6-11(14,7-12)9-4-5-9/h8-9,14H,3-7H2,1-2H3. The summed E-state index contributed by atoms with van der Waals surface area (Å²) in [5.74, 6) is 0.290. The lowest BCUT2D eigenvalue weighted by Gasteiger charge is -2.49. The van der Waals surface area contributed by atoms with Crippen molar-refractivity contribution in [3.8, 4) is 0 Å². The van der Waals surface area contributed by atoms with Gasteiger partial charge in [0.1, 0.15) is 6.04 Å². The number of nitrogens with zero attached hydrogens (tertiary/aromatic N) is 1. The molecule has 0 bridgehead atoms. The Balaban J connectivity index is 1.80. The summed E-state index contributed by atoms with van der Waals surface area (Å²) in [6.07, 6.45) is 2.27. The minimum absolute atomic E-state index is 0.185. The van der Waals surface area contributed by atoms with Gasteiger partial charge in [0.05, 0.1) is 12.2 Å². The first kappa shape index (κ1) is 10.9. The van der Waals surface area contributed by atoms with Crippen molar-refractivity contribution in [2.45, 2.75) is 38.3 Å². The van der Waals surface area contributed by atoms with E-state index in [0.29, 0.717) is 25.6 Å². The summed E-state index contributed by atoms with van der Waals surface area (Å²) in [5.41, 5.74) is -0.513. The molecule has 2 fully saturated rings. The van der Waals surface area contributed by atoms with Gasteiger partial charge >= 0.3 is 5.97 Å². The Bertz CT molecular complexity index is 257. The van der Waals surface area contributed by atoms with E-state index in [1.54, 1.807) is 6.92 Å². The quantitative estimate of drug-likeness (QED) is 0.687. The summed E-state index contributed by atoms with van der Waals surface area (Å²) in [6.45, 7) is 5.31. The lowest BCUT2D eigenvalue weighted by atomic mass is 9.87. The summed E-state index contributed by atoms with van der Waals surface area (Å²) >= 11 is 0. The third kappa shape index (κ3) is 2.01. The number of hydrogen-bond donors (Lipinski definition) is 1. The Morgan fingerprint density at radius 2 is 2.20 bits per heavy atom. The minimum atomic E-state index is -0.513. The molecule has 1 saturated carbocycles. The van der Waals surface area contributed by atoms with E-state index in [2.05, 4.69) is 0 Å². The van der Waals surface area contributed by atoms with Crippen LogP contribution in [0.5, 0.6) is 0 Å². The van der Waals surface area contributed by atoms with Crippen molar-refractivity contribution in [2.75, 3.05) is 19.7 Å². The van der Waals surface area contributed by atoms with Gasteiger partial charge in [-0.05, 0) is 32.6 Å². The van der Waals surface area contributed by atoms with Gasteiger partial charge in [-0.25, -0.2) is 0 Å². The van der Waals surface area contributed by atoms with E-state index >= 15 is 0 Å². The van der Waals surface area contributed by atoms with Crippen LogP contribution in [0.1, 0.15) is 26.7 Å². The maximum absolute atomic E-state index is 11.4. The molecule has 1 N–H and O–H groups in total. The van der Waals surface area contributed by atoms with E-state index in [0.717, 1.165) is 12.8 Å². The smallest absolute Gasteiger partial charge is 0.323 e. The van der Waals surface area contributed by atoms with Crippen LogP contribution in [0.25, 0.3) is 0 Å². The maximum atomic E-state index is 11.4. The van der Waals surface area contributed by atoms with E-state index in [1.165, 1.54) is 0 Å². The second kappa shape index (κ2) is 3.76. The summed E-state index contributed by atoms with van der Waals surface area (Å²) in [4.78, 5) is 13.4. The fourth-order valence-corrected chi connectivity index (χ4v) is 2.22. The van der Waals surface area contributed by atoms with Crippen LogP contribution in [0.2, 0.25) is 0 Å². The van der Waals surface area contributed by atoms with Gasteiger partial charge in [-0.3, -0.25) is 9.69 Å². The molecule has 0 aromatic carbocycles. The van der Waals surface area contributed by atoms with Crippen molar-refractivity contribution in [3.05, 3.63) is 0 Å². The third-order valence-electron chi connectivity index (χ3n) is 3.47. The molecule has 0 amide bonds. The molecule has 15 heavy (non-hydrogen) atoms. The molecular weight excluding hydrogens is 194 g/mol. The normalized spacial score (nSPS) is 26.9. The van der Waals surface area contributed by atoms with Crippen molar-refractivity contribution in [2.24, 2.45) is 5.92 Å². The number of rotatable bonds is 4. The Morgan fingerprint density at radius 3 is 2.67 bits per heavy atom. The molecule has 0 aromatic rings. The molecule has 0 spiro atoms. The highest BCUT2D eigenvalue weighted by Crippen LogP contribution is 2.44. The number of carbonyl (C=O) groups excluding carboxylic acids is 1. The summed E-state index contributed by atoms with van der Waals surface area (Å²) in [7, 11) is 0. The summed E-state index contributed by atoms with van der Waals surface area (Å²) in [5, 5.41) is 10.1. The van der Waals surface area contributed by atoms with Crippen LogP contribution in [0, 0.1) is 5.92 Å². The van der Waals surface area contributed by atoms with Gasteiger partial charge in [-0.1, -0.05) is 0 Å². The molecule has 2 rings (SSSR count). The topological polar surface area (TPSA) is 49.8 Å². The van der Waals surface area contributed by atoms with Gasteiger partial charge in [0.2, 0.25) is 0 Å². The lowest BCUT2D eigenvalue weighted by molar-refractivity contribution is -0.165. The molecule has 2 aliphatic rings. The first-order chi connectivity index (χ1) is 7.07. The van der Waals surface area contributed by atoms with Crippen LogP contribution in [0.15, 0.2) is 0 Å². The van der Waals surface area contributed by atoms with E-state index in [4.69, 9.17) is 4.74 Å². The van der Waals surface area contributed by atoms with Crippen molar-refractivity contribution in [1.29, 1.82) is 0 Å². The van der Waals surface area contributed by atoms with Crippen LogP contribution in [0.4, 0.5) is 0 Å². The van der Waals surface area contributed by atoms with Crippen molar-refractivity contribution in [3.63, 3.8) is 0 Å². The second-order valence-corrected chi connectivity index (χ2v) is 4.71. The summed E-state index contributed by atoms with van der Waals surface area (Å²) < 4.78 is 4.94. The van der Waals surface area contributed by atoms with Crippen molar-refractivity contribution >= 4 is 5.97 Å². The zero-order chi connectivity index (χ0) is 11.1. The highest BCUT2D eigenvalue weighted by atomic mass is 16.5. The molecule has 1 aliphatic carbocycles. The zero-order valence-electron chi connectivity index (χ0n) is 9.40. The third-order valence-corrected chi connectivity index (χ3v) is 3.47. The molecule has 1 heterocycles. The van der Waals surface area contributed by atoms with Gasteiger partial charge in [0.15, 0.2) is 0 Å². The SMILES string of the molecule is CCOC(=O)C(C)N1CC(O)(C2CC2)C1. The first-order valence-corrected chi connectivity index (χ1v) is 5.70. The molecule has 1 saturated heterocycles. The van der Waals surface area contributed by atoms with E-state index < -0.39 is 5.60 Å². The van der Waals surface area contributed by atoms with Gasteiger partial charge in [0, 0.05) is 13.1 Å². The van der Waals surface area contributed by atoms with Gasteiger partial charge in [-0.15, -0.1) is 0 Å². The largest absolute Gasteiger partial charge is 0.465 e. The molecule has 4 heteroatoms. The Hall–Kier alpha value is -0.610. The molecule has 1 unspecified atom stereocenters. The fraction of sp³-hybridized carbons (Fsp3) is 0.909. The highest BCUT2D eigenvalue weighted by Gasteiger charge is 2.53. The van der Waals surface area contributed by atoms with E-state index in [9.17, 15) is 9.90 Å². The van der Waals surface area contributed by atoms with E-state index in [-0.39, 0.29) is 12.0 Å². The molecule has 0 radical (unpaired) electrons. The Labute approximate surface area is 90.2 Å². The van der Waals surface area contributed by atoms with Crippen molar-refractivity contribution in [1.82, 2.24) is 4.90 Å². The number of likely N-dealkylation sites (tertiary alicyclic amines) is 1. The molecule has 1 atom stereocenters.